The standard InChI is InChI=1S/C27H29N5O.2ClH/c28-21-11-15-32(16-12-21)26-30-17-22-23(18-5-2-1-3-6-18)24(33-25(22)31-26)19-7-9-20(10-8-19)27(29)13-4-14-27;;/h1-3,5-10,17,21H,4,11-16,28-29H2;2*1H. The fourth-order valence-corrected chi connectivity index (χ4v) is 5.02. The van der Waals surface area contributed by atoms with E-state index in [0.717, 1.165) is 66.6 Å². The van der Waals surface area contributed by atoms with Crippen LogP contribution < -0.4 is 16.4 Å². The molecule has 1 aliphatic heterocycles. The predicted molar refractivity (Wildman–Crippen MR) is 146 cm³/mol. The zero-order chi connectivity index (χ0) is 22.4. The number of piperidine rings is 1. The van der Waals surface area contributed by atoms with Gasteiger partial charge >= 0.3 is 0 Å². The molecule has 1 aliphatic carbocycles. The van der Waals surface area contributed by atoms with Crippen molar-refractivity contribution < 1.29 is 4.42 Å². The summed E-state index contributed by atoms with van der Waals surface area (Å²) >= 11 is 0. The van der Waals surface area contributed by atoms with E-state index in [-0.39, 0.29) is 36.4 Å². The van der Waals surface area contributed by atoms with Crippen molar-refractivity contribution in [1.82, 2.24) is 9.97 Å². The normalized spacial score (nSPS) is 17.4. The van der Waals surface area contributed by atoms with E-state index in [2.05, 4.69) is 41.3 Å². The van der Waals surface area contributed by atoms with Crippen LogP contribution in [0.25, 0.3) is 33.6 Å². The SMILES string of the molecule is Cl.Cl.NC1CCN(c2ncc3c(-c4ccccc4)c(-c4ccc(C5(N)CCC5)cc4)oc3n2)CC1. The molecule has 2 aliphatic rings. The molecule has 0 unspecified atom stereocenters. The first kappa shape index (κ1) is 25.5. The molecule has 2 aromatic heterocycles. The quantitative estimate of drug-likeness (QED) is 0.366. The van der Waals surface area contributed by atoms with Gasteiger partial charge in [0.1, 0.15) is 5.76 Å². The number of nitrogens with zero attached hydrogens (tertiary/aromatic N) is 3. The maximum Gasteiger partial charge on any atom is 0.232 e. The van der Waals surface area contributed by atoms with Gasteiger partial charge in [0.05, 0.1) is 5.39 Å². The molecule has 6 nitrogen and oxygen atoms in total. The van der Waals surface area contributed by atoms with Gasteiger partial charge in [0.25, 0.3) is 0 Å². The van der Waals surface area contributed by atoms with Crippen LogP contribution >= 0.6 is 24.8 Å². The van der Waals surface area contributed by atoms with Crippen molar-refractivity contribution in [3.8, 4) is 22.5 Å². The summed E-state index contributed by atoms with van der Waals surface area (Å²) in [7, 11) is 0. The molecule has 0 spiro atoms. The summed E-state index contributed by atoms with van der Waals surface area (Å²) in [5.41, 5.74) is 17.4. The van der Waals surface area contributed by atoms with E-state index in [1.165, 1.54) is 12.0 Å². The van der Waals surface area contributed by atoms with Gasteiger partial charge in [-0.05, 0) is 43.2 Å². The summed E-state index contributed by atoms with van der Waals surface area (Å²) in [5.74, 6) is 1.52. The molecular weight excluding hydrogens is 481 g/mol. The Labute approximate surface area is 217 Å². The van der Waals surface area contributed by atoms with Gasteiger partial charge in [0.15, 0.2) is 0 Å². The van der Waals surface area contributed by atoms with E-state index >= 15 is 0 Å². The van der Waals surface area contributed by atoms with Crippen molar-refractivity contribution in [2.24, 2.45) is 11.5 Å². The fraction of sp³-hybridized carbons (Fsp3) is 0.333. The smallest absolute Gasteiger partial charge is 0.232 e. The highest BCUT2D eigenvalue weighted by atomic mass is 35.5. The number of halogens is 2. The van der Waals surface area contributed by atoms with E-state index in [1.54, 1.807) is 0 Å². The zero-order valence-electron chi connectivity index (χ0n) is 19.5. The molecule has 0 atom stereocenters. The van der Waals surface area contributed by atoms with Crippen LogP contribution in [0.2, 0.25) is 0 Å². The summed E-state index contributed by atoms with van der Waals surface area (Å²) in [6.45, 7) is 1.74. The molecule has 0 amide bonds. The largest absolute Gasteiger partial charge is 0.437 e. The van der Waals surface area contributed by atoms with E-state index in [9.17, 15) is 0 Å². The predicted octanol–water partition coefficient (Wildman–Crippen LogP) is 5.67. The summed E-state index contributed by atoms with van der Waals surface area (Å²) in [5, 5.41) is 0.923. The first-order chi connectivity index (χ1) is 16.1. The maximum absolute atomic E-state index is 6.54. The van der Waals surface area contributed by atoms with Crippen molar-refractivity contribution >= 4 is 41.9 Å². The van der Waals surface area contributed by atoms with E-state index in [0.29, 0.717) is 11.7 Å². The van der Waals surface area contributed by atoms with Crippen LogP contribution in [-0.4, -0.2) is 29.1 Å². The number of hydrogen-bond donors (Lipinski definition) is 2. The van der Waals surface area contributed by atoms with Crippen LogP contribution in [0.4, 0.5) is 5.95 Å². The minimum Gasteiger partial charge on any atom is -0.437 e. The van der Waals surface area contributed by atoms with Crippen LogP contribution in [0, 0.1) is 0 Å². The van der Waals surface area contributed by atoms with E-state index in [4.69, 9.17) is 25.9 Å². The highest BCUT2D eigenvalue weighted by molar-refractivity contribution is 6.00. The average Bonchev–Trinajstić information content (AvgIpc) is 3.22. The first-order valence-corrected chi connectivity index (χ1v) is 11.9. The van der Waals surface area contributed by atoms with Gasteiger partial charge in [-0.25, -0.2) is 4.98 Å². The lowest BCUT2D eigenvalue weighted by Gasteiger charge is -2.38. The topological polar surface area (TPSA) is 94.2 Å². The molecule has 0 bridgehead atoms. The van der Waals surface area contributed by atoms with Crippen LogP contribution in [0.15, 0.2) is 65.2 Å². The monoisotopic (exact) mass is 511 g/mol. The lowest BCUT2D eigenvalue weighted by Crippen LogP contribution is -2.43. The van der Waals surface area contributed by atoms with E-state index in [1.807, 2.05) is 24.4 Å². The number of hydrogen-bond acceptors (Lipinski definition) is 6. The second kappa shape index (κ2) is 10.2. The molecule has 0 radical (unpaired) electrons. The molecule has 35 heavy (non-hydrogen) atoms. The van der Waals surface area contributed by atoms with Gasteiger partial charge in [-0.3, -0.25) is 0 Å². The molecule has 2 fully saturated rings. The first-order valence-electron chi connectivity index (χ1n) is 11.9. The second-order valence-corrected chi connectivity index (χ2v) is 9.47. The number of furan rings is 1. The van der Waals surface area contributed by atoms with Gasteiger partial charge in [0, 0.05) is 42.0 Å². The minimum atomic E-state index is -0.175. The lowest BCUT2D eigenvalue weighted by atomic mass is 9.72. The molecule has 4 N–H and O–H groups in total. The molecule has 1 saturated heterocycles. The zero-order valence-corrected chi connectivity index (χ0v) is 21.2. The van der Waals surface area contributed by atoms with Gasteiger partial charge in [-0.1, -0.05) is 54.6 Å². The third-order valence-electron chi connectivity index (χ3n) is 7.29. The Bertz CT molecular complexity index is 1280. The lowest BCUT2D eigenvalue weighted by molar-refractivity contribution is 0.253. The molecule has 8 heteroatoms. The summed E-state index contributed by atoms with van der Waals surface area (Å²) in [4.78, 5) is 11.7. The van der Waals surface area contributed by atoms with Crippen molar-refractivity contribution in [1.29, 1.82) is 0 Å². The molecular formula is C27H31Cl2N5O. The molecule has 3 heterocycles. The Morgan fingerprint density at radius 2 is 1.60 bits per heavy atom. The fourth-order valence-electron chi connectivity index (χ4n) is 5.02. The number of aromatic nitrogens is 2. The average molecular weight is 512 g/mol. The summed E-state index contributed by atoms with van der Waals surface area (Å²) < 4.78 is 6.42. The number of nitrogens with two attached hydrogens (primary N) is 2. The van der Waals surface area contributed by atoms with Crippen LogP contribution in [-0.2, 0) is 5.54 Å². The summed E-state index contributed by atoms with van der Waals surface area (Å²) in [6.07, 6.45) is 7.10. The number of fused-ring (bicyclic) bond motifs is 1. The molecule has 6 rings (SSSR count). The molecule has 184 valence electrons. The molecule has 2 aromatic carbocycles. The van der Waals surface area contributed by atoms with Crippen molar-refractivity contribution in [2.45, 2.75) is 43.7 Å². The van der Waals surface area contributed by atoms with Crippen molar-refractivity contribution in [3.05, 3.63) is 66.4 Å². The van der Waals surface area contributed by atoms with Gasteiger partial charge in [-0.2, -0.15) is 4.98 Å². The Morgan fingerprint density at radius 1 is 0.914 bits per heavy atom. The summed E-state index contributed by atoms with van der Waals surface area (Å²) in [6, 6.07) is 19.1. The van der Waals surface area contributed by atoms with Gasteiger partial charge < -0.3 is 20.8 Å². The van der Waals surface area contributed by atoms with Gasteiger partial charge in [-0.15, -0.1) is 24.8 Å². The Kier molecular flexibility index (Phi) is 7.38. The van der Waals surface area contributed by atoms with Gasteiger partial charge in [0.2, 0.25) is 11.7 Å². The third-order valence-corrected chi connectivity index (χ3v) is 7.29. The second-order valence-electron chi connectivity index (χ2n) is 9.47. The molecule has 4 aromatic rings. The number of rotatable bonds is 4. The van der Waals surface area contributed by atoms with Crippen molar-refractivity contribution in [2.75, 3.05) is 18.0 Å². The van der Waals surface area contributed by atoms with Crippen LogP contribution in [0.3, 0.4) is 0 Å². The Morgan fingerprint density at radius 3 is 2.23 bits per heavy atom. The third kappa shape index (κ3) is 4.64. The van der Waals surface area contributed by atoms with Crippen molar-refractivity contribution in [3.63, 3.8) is 0 Å². The number of benzene rings is 2. The highest BCUT2D eigenvalue weighted by Gasteiger charge is 2.34. The van der Waals surface area contributed by atoms with E-state index < -0.39 is 0 Å². The Balaban J connectivity index is 0.00000144. The number of anilines is 1. The maximum atomic E-state index is 6.54. The van der Waals surface area contributed by atoms with Crippen LogP contribution in [0.1, 0.15) is 37.7 Å². The highest BCUT2D eigenvalue weighted by Crippen LogP contribution is 2.42. The Hall–Kier alpha value is -2.64. The minimum absolute atomic E-state index is 0. The molecule has 1 saturated carbocycles. The van der Waals surface area contributed by atoms with Crippen LogP contribution in [0.5, 0.6) is 0 Å².